The maximum absolute atomic E-state index is 12.3. The van der Waals surface area contributed by atoms with Crippen LogP contribution >= 0.6 is 11.6 Å². The van der Waals surface area contributed by atoms with Crippen LogP contribution in [0.25, 0.3) is 0 Å². The van der Waals surface area contributed by atoms with E-state index in [0.717, 1.165) is 24.3 Å². The summed E-state index contributed by atoms with van der Waals surface area (Å²) in [6, 6.07) is 11.1. The van der Waals surface area contributed by atoms with Gasteiger partial charge in [-0.25, -0.2) is 8.42 Å². The molecule has 2 aromatic rings. The van der Waals surface area contributed by atoms with Crippen molar-refractivity contribution in [2.75, 3.05) is 24.7 Å². The second-order valence-electron chi connectivity index (χ2n) is 6.90. The molecule has 154 valence electrons. The van der Waals surface area contributed by atoms with Crippen LogP contribution in [0.15, 0.2) is 47.4 Å². The van der Waals surface area contributed by atoms with Gasteiger partial charge in [-0.2, -0.15) is 0 Å². The molecule has 1 fully saturated rings. The first-order valence-corrected chi connectivity index (χ1v) is 11.2. The number of nitrogens with one attached hydrogen (secondary N) is 2. The fraction of sp³-hybridized carbons (Fsp3) is 0.316. The summed E-state index contributed by atoms with van der Waals surface area (Å²) in [5, 5.41) is 17.6. The fourth-order valence-electron chi connectivity index (χ4n) is 3.16. The van der Waals surface area contributed by atoms with Gasteiger partial charge in [0.25, 0.3) is 5.69 Å². The number of rotatable bonds is 8. The molecule has 2 aromatic carbocycles. The van der Waals surface area contributed by atoms with E-state index in [0.29, 0.717) is 5.02 Å². The Hall–Kier alpha value is -2.65. The molecule has 2 unspecified atom stereocenters. The van der Waals surface area contributed by atoms with Crippen LogP contribution in [-0.4, -0.2) is 38.6 Å². The Morgan fingerprint density at radius 2 is 1.97 bits per heavy atom. The van der Waals surface area contributed by atoms with Gasteiger partial charge in [0.15, 0.2) is 9.84 Å². The summed E-state index contributed by atoms with van der Waals surface area (Å²) in [4.78, 5) is 22.7. The normalized spacial score (nSPS) is 18.1. The highest BCUT2D eigenvalue weighted by Gasteiger charge is 2.44. The number of carbonyl (C=O) groups is 1. The number of halogens is 1. The highest BCUT2D eigenvalue weighted by molar-refractivity contribution is 7.90. The van der Waals surface area contributed by atoms with Crippen molar-refractivity contribution in [1.82, 2.24) is 5.32 Å². The summed E-state index contributed by atoms with van der Waals surface area (Å²) in [7, 11) is -3.54. The third kappa shape index (κ3) is 5.04. The number of nitro groups is 1. The molecule has 1 aliphatic rings. The molecule has 2 atom stereocenters. The number of nitrogens with zero attached hydrogens (tertiary/aromatic N) is 1. The van der Waals surface area contributed by atoms with Crippen molar-refractivity contribution in [1.29, 1.82) is 0 Å². The van der Waals surface area contributed by atoms with Crippen molar-refractivity contribution in [3.8, 4) is 0 Å². The fourth-order valence-corrected chi connectivity index (χ4v) is 4.08. The lowest BCUT2D eigenvalue weighted by molar-refractivity contribution is -0.384. The van der Waals surface area contributed by atoms with E-state index in [-0.39, 0.29) is 47.1 Å². The minimum absolute atomic E-state index is 0.0846. The van der Waals surface area contributed by atoms with Crippen LogP contribution in [0.4, 0.5) is 11.4 Å². The molecule has 2 N–H and O–H groups in total. The SMILES string of the molecule is CS(=O)(=O)c1ccc(NCCNC(=O)C2CC2c2ccccc2Cl)c([N+](=O)[O-])c1. The Morgan fingerprint density at radius 3 is 2.62 bits per heavy atom. The first kappa shape index (κ1) is 21.1. The van der Waals surface area contributed by atoms with Crippen molar-refractivity contribution in [3.05, 3.63) is 63.2 Å². The summed E-state index contributed by atoms with van der Waals surface area (Å²) < 4.78 is 23.2. The van der Waals surface area contributed by atoms with Crippen LogP contribution < -0.4 is 10.6 Å². The summed E-state index contributed by atoms with van der Waals surface area (Å²) >= 11 is 6.17. The average molecular weight is 438 g/mol. The molecule has 1 saturated carbocycles. The number of hydrogen-bond donors (Lipinski definition) is 2. The van der Waals surface area contributed by atoms with Crippen molar-refractivity contribution >= 4 is 38.7 Å². The predicted octanol–water partition coefficient (Wildman–Crippen LogP) is 2.98. The van der Waals surface area contributed by atoms with Gasteiger partial charge in [0.1, 0.15) is 5.69 Å². The van der Waals surface area contributed by atoms with Gasteiger partial charge in [-0.15, -0.1) is 0 Å². The second-order valence-corrected chi connectivity index (χ2v) is 9.32. The Labute approximate surface area is 173 Å². The van der Waals surface area contributed by atoms with Crippen molar-refractivity contribution in [3.63, 3.8) is 0 Å². The zero-order valence-electron chi connectivity index (χ0n) is 15.6. The predicted molar refractivity (Wildman–Crippen MR) is 110 cm³/mol. The van der Waals surface area contributed by atoms with E-state index in [9.17, 15) is 23.3 Å². The van der Waals surface area contributed by atoms with Crippen LogP contribution in [0, 0.1) is 16.0 Å². The molecule has 0 heterocycles. The van der Waals surface area contributed by atoms with Crippen molar-refractivity contribution < 1.29 is 18.1 Å². The highest BCUT2D eigenvalue weighted by Crippen LogP contribution is 2.49. The lowest BCUT2D eigenvalue weighted by Gasteiger charge is -2.09. The van der Waals surface area contributed by atoms with Gasteiger partial charge in [0.2, 0.25) is 5.91 Å². The summed E-state index contributed by atoms with van der Waals surface area (Å²) in [6.07, 6.45) is 1.73. The number of hydrogen-bond acceptors (Lipinski definition) is 6. The third-order valence-corrected chi connectivity index (χ3v) is 6.22. The molecule has 0 spiro atoms. The quantitative estimate of drug-likeness (QED) is 0.372. The molecule has 29 heavy (non-hydrogen) atoms. The first-order valence-electron chi connectivity index (χ1n) is 8.93. The average Bonchev–Trinajstić information content (AvgIpc) is 3.45. The highest BCUT2D eigenvalue weighted by atomic mass is 35.5. The molecule has 0 bridgehead atoms. The molecule has 1 amide bonds. The molecule has 10 heteroatoms. The van der Waals surface area contributed by atoms with Crippen LogP contribution in [-0.2, 0) is 14.6 Å². The number of amides is 1. The zero-order valence-corrected chi connectivity index (χ0v) is 17.2. The van der Waals surface area contributed by atoms with E-state index in [1.807, 2.05) is 18.2 Å². The lowest BCUT2D eigenvalue weighted by atomic mass is 10.1. The number of benzene rings is 2. The Balaban J connectivity index is 1.53. The maximum atomic E-state index is 12.3. The minimum atomic E-state index is -3.54. The topological polar surface area (TPSA) is 118 Å². The monoisotopic (exact) mass is 437 g/mol. The van der Waals surface area contributed by atoms with Gasteiger partial charge in [0.05, 0.1) is 9.82 Å². The number of nitro benzene ring substituents is 1. The van der Waals surface area contributed by atoms with Gasteiger partial charge < -0.3 is 10.6 Å². The molecule has 8 nitrogen and oxygen atoms in total. The van der Waals surface area contributed by atoms with E-state index in [1.165, 1.54) is 12.1 Å². The van der Waals surface area contributed by atoms with Gasteiger partial charge in [-0.3, -0.25) is 14.9 Å². The largest absolute Gasteiger partial charge is 0.378 e. The zero-order chi connectivity index (χ0) is 21.2. The van der Waals surface area contributed by atoms with E-state index in [1.54, 1.807) is 6.07 Å². The number of carbonyl (C=O) groups excluding carboxylic acids is 1. The van der Waals surface area contributed by atoms with E-state index < -0.39 is 14.8 Å². The Bertz CT molecular complexity index is 1060. The third-order valence-electron chi connectivity index (χ3n) is 4.77. The molecule has 3 rings (SSSR count). The summed E-state index contributed by atoms with van der Waals surface area (Å²) in [5.74, 6) is -0.0989. The molecular weight excluding hydrogens is 418 g/mol. The Kier molecular flexibility index (Phi) is 6.09. The number of anilines is 1. The minimum Gasteiger partial charge on any atom is -0.378 e. The molecule has 0 radical (unpaired) electrons. The van der Waals surface area contributed by atoms with Crippen LogP contribution in [0.2, 0.25) is 5.02 Å². The second kappa shape index (κ2) is 8.38. The van der Waals surface area contributed by atoms with Gasteiger partial charge in [-0.1, -0.05) is 29.8 Å². The van der Waals surface area contributed by atoms with Crippen LogP contribution in [0.5, 0.6) is 0 Å². The van der Waals surface area contributed by atoms with Gasteiger partial charge in [-0.05, 0) is 36.1 Å². The molecule has 0 aromatic heterocycles. The van der Waals surface area contributed by atoms with Gasteiger partial charge in [0, 0.05) is 36.4 Å². The number of sulfone groups is 1. The van der Waals surface area contributed by atoms with Crippen molar-refractivity contribution in [2.45, 2.75) is 17.2 Å². The first-order chi connectivity index (χ1) is 13.7. The van der Waals surface area contributed by atoms with E-state index >= 15 is 0 Å². The molecule has 1 aliphatic carbocycles. The van der Waals surface area contributed by atoms with Crippen molar-refractivity contribution in [2.24, 2.45) is 5.92 Å². The van der Waals surface area contributed by atoms with Crippen LogP contribution in [0.3, 0.4) is 0 Å². The summed E-state index contributed by atoms with van der Waals surface area (Å²) in [5.41, 5.74) is 0.825. The van der Waals surface area contributed by atoms with E-state index in [2.05, 4.69) is 10.6 Å². The standard InChI is InChI=1S/C19H20ClN3O5S/c1-29(27,28)12-6-7-17(18(10-12)23(25)26)21-8-9-22-19(24)15-11-14(15)13-4-2-3-5-16(13)20/h2-7,10,14-15,21H,8-9,11H2,1H3,(H,22,24). The summed E-state index contributed by atoms with van der Waals surface area (Å²) in [6.45, 7) is 0.532. The lowest BCUT2D eigenvalue weighted by Crippen LogP contribution is -2.30. The van der Waals surface area contributed by atoms with Gasteiger partial charge >= 0.3 is 0 Å². The van der Waals surface area contributed by atoms with Crippen LogP contribution in [0.1, 0.15) is 17.9 Å². The maximum Gasteiger partial charge on any atom is 0.293 e. The van der Waals surface area contributed by atoms with E-state index in [4.69, 9.17) is 11.6 Å². The Morgan fingerprint density at radius 1 is 1.24 bits per heavy atom. The molecular formula is C19H20ClN3O5S. The molecule has 0 saturated heterocycles. The molecule has 0 aliphatic heterocycles. The smallest absolute Gasteiger partial charge is 0.293 e.